The second kappa shape index (κ2) is 5.85. The highest BCUT2D eigenvalue weighted by Crippen LogP contribution is 2.29. The molecular formula is C16H20O3. The molecule has 3 nitrogen and oxygen atoms in total. The van der Waals surface area contributed by atoms with Gasteiger partial charge in [0.25, 0.3) is 0 Å². The van der Waals surface area contributed by atoms with E-state index in [0.717, 1.165) is 44.5 Å². The molecule has 102 valence electrons. The Morgan fingerprint density at radius 3 is 2.47 bits per heavy atom. The summed E-state index contributed by atoms with van der Waals surface area (Å²) in [5.74, 6) is 0.476. The van der Waals surface area contributed by atoms with E-state index in [1.807, 2.05) is 30.3 Å². The number of hydrogen-bond donors (Lipinski definition) is 0. The van der Waals surface area contributed by atoms with Crippen molar-refractivity contribution in [2.45, 2.75) is 37.9 Å². The van der Waals surface area contributed by atoms with Gasteiger partial charge in [0.15, 0.2) is 5.78 Å². The van der Waals surface area contributed by atoms with Gasteiger partial charge in [0.05, 0.1) is 19.3 Å². The molecule has 1 aromatic rings. The second-order valence-electron chi connectivity index (χ2n) is 5.49. The maximum Gasteiger partial charge on any atom is 0.165 e. The summed E-state index contributed by atoms with van der Waals surface area (Å²) in [6.45, 7) is 1.57. The molecule has 1 unspecified atom stereocenters. The molecule has 1 aromatic carbocycles. The molecule has 1 heterocycles. The number of carbonyl (C=O) groups excluding carboxylic acids is 1. The highest BCUT2D eigenvalue weighted by molar-refractivity contribution is 5.97. The van der Waals surface area contributed by atoms with E-state index in [0.29, 0.717) is 18.0 Å². The Hall–Kier alpha value is -1.19. The third-order valence-electron chi connectivity index (χ3n) is 4.02. The lowest BCUT2D eigenvalue weighted by Gasteiger charge is -2.27. The monoisotopic (exact) mass is 260 g/mol. The van der Waals surface area contributed by atoms with Crippen molar-refractivity contribution in [2.24, 2.45) is 5.92 Å². The maximum absolute atomic E-state index is 12.3. The first-order chi connectivity index (χ1) is 9.33. The molecule has 1 saturated carbocycles. The van der Waals surface area contributed by atoms with Crippen LogP contribution in [0.15, 0.2) is 30.3 Å². The Labute approximate surface area is 113 Å². The molecule has 0 bridgehead atoms. The molecular weight excluding hydrogens is 240 g/mol. The topological polar surface area (TPSA) is 38.8 Å². The van der Waals surface area contributed by atoms with Crippen molar-refractivity contribution < 1.29 is 14.3 Å². The van der Waals surface area contributed by atoms with E-state index >= 15 is 0 Å². The zero-order valence-electron chi connectivity index (χ0n) is 11.1. The molecule has 1 saturated heterocycles. The van der Waals surface area contributed by atoms with Crippen LogP contribution in [0.2, 0.25) is 0 Å². The van der Waals surface area contributed by atoms with E-state index in [9.17, 15) is 4.79 Å². The van der Waals surface area contributed by atoms with E-state index < -0.39 is 0 Å². The quantitative estimate of drug-likeness (QED) is 0.603. The highest BCUT2D eigenvalue weighted by atomic mass is 16.6. The van der Waals surface area contributed by atoms with E-state index in [4.69, 9.17) is 9.47 Å². The Bertz CT molecular complexity index is 417. The molecule has 1 aliphatic carbocycles. The van der Waals surface area contributed by atoms with Crippen molar-refractivity contribution in [3.63, 3.8) is 0 Å². The number of ether oxygens (including phenoxy) is 2. The van der Waals surface area contributed by atoms with Gasteiger partial charge in [-0.1, -0.05) is 30.3 Å². The SMILES string of the molecule is O=C(c1ccccc1)C1CCC(OCC2CO2)CC1. The van der Waals surface area contributed by atoms with Crippen LogP contribution in [0.5, 0.6) is 0 Å². The first kappa shape index (κ1) is 12.8. The van der Waals surface area contributed by atoms with Crippen LogP contribution in [0.4, 0.5) is 0 Å². The number of Topliss-reactive ketones (excluding diaryl/α,β-unsaturated/α-hetero) is 1. The van der Waals surface area contributed by atoms with Crippen molar-refractivity contribution in [1.29, 1.82) is 0 Å². The van der Waals surface area contributed by atoms with Crippen LogP contribution >= 0.6 is 0 Å². The van der Waals surface area contributed by atoms with Crippen molar-refractivity contribution in [3.05, 3.63) is 35.9 Å². The third kappa shape index (κ3) is 3.43. The highest BCUT2D eigenvalue weighted by Gasteiger charge is 2.29. The average molecular weight is 260 g/mol. The van der Waals surface area contributed by atoms with Gasteiger partial charge in [-0.15, -0.1) is 0 Å². The lowest BCUT2D eigenvalue weighted by Crippen LogP contribution is -2.27. The minimum Gasteiger partial charge on any atom is -0.375 e. The van der Waals surface area contributed by atoms with Crippen molar-refractivity contribution in [2.75, 3.05) is 13.2 Å². The number of ketones is 1. The molecule has 2 aliphatic rings. The zero-order valence-corrected chi connectivity index (χ0v) is 11.1. The van der Waals surface area contributed by atoms with Gasteiger partial charge in [-0.05, 0) is 25.7 Å². The number of carbonyl (C=O) groups is 1. The van der Waals surface area contributed by atoms with Crippen LogP contribution in [-0.2, 0) is 9.47 Å². The predicted octanol–water partition coefficient (Wildman–Crippen LogP) is 2.84. The molecule has 3 rings (SSSR count). The summed E-state index contributed by atoms with van der Waals surface area (Å²) >= 11 is 0. The molecule has 0 spiro atoms. The second-order valence-corrected chi connectivity index (χ2v) is 5.49. The Morgan fingerprint density at radius 2 is 1.84 bits per heavy atom. The number of epoxide rings is 1. The van der Waals surface area contributed by atoms with Crippen LogP contribution in [0.1, 0.15) is 36.0 Å². The van der Waals surface area contributed by atoms with Crippen molar-refractivity contribution in [1.82, 2.24) is 0 Å². The first-order valence-electron chi connectivity index (χ1n) is 7.15. The van der Waals surface area contributed by atoms with Gasteiger partial charge in [-0.2, -0.15) is 0 Å². The van der Waals surface area contributed by atoms with Crippen LogP contribution in [0.3, 0.4) is 0 Å². The van der Waals surface area contributed by atoms with E-state index in [2.05, 4.69) is 0 Å². The standard InChI is InChI=1S/C16H20O3/c17-16(12-4-2-1-3-5-12)13-6-8-14(9-7-13)18-10-15-11-19-15/h1-5,13-15H,6-11H2. The molecule has 1 aliphatic heterocycles. The third-order valence-corrected chi connectivity index (χ3v) is 4.02. The summed E-state index contributed by atoms with van der Waals surface area (Å²) in [7, 11) is 0. The predicted molar refractivity (Wildman–Crippen MR) is 72.2 cm³/mol. The number of hydrogen-bond acceptors (Lipinski definition) is 3. The fourth-order valence-corrected chi connectivity index (χ4v) is 2.74. The van der Waals surface area contributed by atoms with Crippen LogP contribution in [0, 0.1) is 5.92 Å². The molecule has 0 radical (unpaired) electrons. The Balaban J connectivity index is 1.47. The van der Waals surface area contributed by atoms with Crippen LogP contribution in [0.25, 0.3) is 0 Å². The minimum absolute atomic E-state index is 0.180. The molecule has 3 heteroatoms. The summed E-state index contributed by atoms with van der Waals surface area (Å²) in [5, 5.41) is 0. The van der Waals surface area contributed by atoms with Gasteiger partial charge >= 0.3 is 0 Å². The van der Waals surface area contributed by atoms with E-state index in [1.54, 1.807) is 0 Å². The largest absolute Gasteiger partial charge is 0.375 e. The fourth-order valence-electron chi connectivity index (χ4n) is 2.74. The van der Waals surface area contributed by atoms with Crippen LogP contribution < -0.4 is 0 Å². The van der Waals surface area contributed by atoms with Gasteiger partial charge in [0.1, 0.15) is 6.10 Å². The molecule has 1 atom stereocenters. The van der Waals surface area contributed by atoms with Gasteiger partial charge in [0, 0.05) is 11.5 Å². The van der Waals surface area contributed by atoms with E-state index in [1.165, 1.54) is 0 Å². The fraction of sp³-hybridized carbons (Fsp3) is 0.562. The molecule has 0 amide bonds. The summed E-state index contributed by atoms with van der Waals surface area (Å²) in [6, 6.07) is 9.63. The normalized spacial score (nSPS) is 30.0. The Morgan fingerprint density at radius 1 is 1.16 bits per heavy atom. The zero-order chi connectivity index (χ0) is 13.1. The maximum atomic E-state index is 12.3. The molecule has 19 heavy (non-hydrogen) atoms. The molecule has 0 aromatic heterocycles. The summed E-state index contributed by atoms with van der Waals surface area (Å²) < 4.78 is 10.9. The van der Waals surface area contributed by atoms with E-state index in [-0.39, 0.29) is 5.92 Å². The van der Waals surface area contributed by atoms with Crippen molar-refractivity contribution in [3.8, 4) is 0 Å². The lowest BCUT2D eigenvalue weighted by atomic mass is 9.82. The first-order valence-corrected chi connectivity index (χ1v) is 7.15. The molecule has 2 fully saturated rings. The van der Waals surface area contributed by atoms with Gasteiger partial charge in [-0.25, -0.2) is 0 Å². The average Bonchev–Trinajstić information content (AvgIpc) is 3.30. The smallest absolute Gasteiger partial charge is 0.165 e. The number of benzene rings is 1. The summed E-state index contributed by atoms with van der Waals surface area (Å²) in [6.07, 6.45) is 4.55. The lowest BCUT2D eigenvalue weighted by molar-refractivity contribution is 0.0113. The summed E-state index contributed by atoms with van der Waals surface area (Å²) in [5.41, 5.74) is 0.846. The Kier molecular flexibility index (Phi) is 3.95. The van der Waals surface area contributed by atoms with Gasteiger partial charge in [0.2, 0.25) is 0 Å². The molecule has 0 N–H and O–H groups in total. The minimum atomic E-state index is 0.180. The van der Waals surface area contributed by atoms with Gasteiger partial charge in [-0.3, -0.25) is 4.79 Å². The van der Waals surface area contributed by atoms with Gasteiger partial charge < -0.3 is 9.47 Å². The van der Waals surface area contributed by atoms with Crippen molar-refractivity contribution >= 4 is 5.78 Å². The number of rotatable bonds is 5. The summed E-state index contributed by atoms with van der Waals surface area (Å²) in [4.78, 5) is 12.3. The van der Waals surface area contributed by atoms with Crippen LogP contribution in [-0.4, -0.2) is 31.2 Å².